The number of rotatable bonds is 3. The molecule has 0 radical (unpaired) electrons. The van der Waals surface area contributed by atoms with Gasteiger partial charge in [-0.05, 0) is 24.0 Å². The monoisotopic (exact) mass is 260 g/mol. The van der Waals surface area contributed by atoms with Gasteiger partial charge in [-0.1, -0.05) is 18.7 Å². The van der Waals surface area contributed by atoms with E-state index in [0.717, 1.165) is 33.6 Å². The van der Waals surface area contributed by atoms with Gasteiger partial charge in [0.1, 0.15) is 11.3 Å². The number of aromatic nitrogens is 4. The lowest BCUT2D eigenvalue weighted by atomic mass is 10.2. The molecule has 18 heavy (non-hydrogen) atoms. The average Bonchev–Trinajstić information content (AvgIpc) is 2.75. The molecule has 0 aliphatic carbocycles. The van der Waals surface area contributed by atoms with Gasteiger partial charge in [-0.25, -0.2) is 4.98 Å². The van der Waals surface area contributed by atoms with Crippen LogP contribution in [0.4, 0.5) is 0 Å². The van der Waals surface area contributed by atoms with E-state index in [1.54, 1.807) is 18.9 Å². The fourth-order valence-electron chi connectivity index (χ4n) is 1.85. The topological polar surface area (TPSA) is 63.7 Å². The summed E-state index contributed by atoms with van der Waals surface area (Å²) in [5.74, 6) is 1.73. The number of ether oxygens (including phenoxy) is 1. The van der Waals surface area contributed by atoms with Crippen molar-refractivity contribution < 1.29 is 4.74 Å². The maximum atomic E-state index is 5.22. The Hall–Kier alpha value is -1.82. The summed E-state index contributed by atoms with van der Waals surface area (Å²) in [4.78, 5) is 7.70. The molecular weight excluding hydrogens is 248 g/mol. The summed E-state index contributed by atoms with van der Waals surface area (Å²) < 4.78 is 5.22. The van der Waals surface area contributed by atoms with Crippen molar-refractivity contribution in [3.63, 3.8) is 0 Å². The molecular formula is C12H12N4OS. The molecule has 0 atom stereocenters. The number of hydrogen-bond donors (Lipinski definition) is 1. The van der Waals surface area contributed by atoms with E-state index in [1.807, 2.05) is 18.2 Å². The quantitative estimate of drug-likeness (QED) is 0.733. The molecule has 0 fully saturated rings. The molecule has 6 heteroatoms. The second-order valence-corrected chi connectivity index (χ2v) is 4.99. The summed E-state index contributed by atoms with van der Waals surface area (Å²) in [6, 6.07) is 5.81. The minimum Gasteiger partial charge on any atom is -0.497 e. The first-order valence-electron chi connectivity index (χ1n) is 5.64. The van der Waals surface area contributed by atoms with Crippen molar-refractivity contribution in [3.05, 3.63) is 18.2 Å². The highest BCUT2D eigenvalue weighted by Gasteiger charge is 2.09. The van der Waals surface area contributed by atoms with Crippen LogP contribution in [-0.4, -0.2) is 33.0 Å². The molecule has 0 aliphatic heterocycles. The molecule has 2 aromatic heterocycles. The first-order chi connectivity index (χ1) is 8.81. The van der Waals surface area contributed by atoms with Crippen LogP contribution in [0, 0.1) is 0 Å². The molecule has 5 nitrogen and oxygen atoms in total. The van der Waals surface area contributed by atoms with Crippen molar-refractivity contribution in [2.45, 2.75) is 12.1 Å². The third kappa shape index (κ3) is 1.78. The highest BCUT2D eigenvalue weighted by molar-refractivity contribution is 7.99. The summed E-state index contributed by atoms with van der Waals surface area (Å²) in [7, 11) is 1.65. The van der Waals surface area contributed by atoms with Crippen molar-refractivity contribution in [2.75, 3.05) is 12.9 Å². The first kappa shape index (κ1) is 11.3. The predicted molar refractivity (Wildman–Crippen MR) is 72.1 cm³/mol. The second-order valence-electron chi connectivity index (χ2n) is 3.76. The van der Waals surface area contributed by atoms with Crippen LogP contribution in [0.2, 0.25) is 0 Å². The Labute approximate surface area is 108 Å². The Morgan fingerprint density at radius 1 is 1.33 bits per heavy atom. The van der Waals surface area contributed by atoms with E-state index >= 15 is 0 Å². The smallest absolute Gasteiger partial charge is 0.211 e. The van der Waals surface area contributed by atoms with Crippen LogP contribution in [0.1, 0.15) is 6.92 Å². The largest absolute Gasteiger partial charge is 0.497 e. The molecule has 0 aliphatic rings. The second kappa shape index (κ2) is 4.45. The normalized spacial score (nSPS) is 11.2. The molecule has 3 rings (SSSR count). The number of fused-ring (bicyclic) bond motifs is 3. The number of hydrogen-bond acceptors (Lipinski definition) is 5. The van der Waals surface area contributed by atoms with Crippen molar-refractivity contribution >= 4 is 33.8 Å². The average molecular weight is 260 g/mol. The molecule has 0 spiro atoms. The lowest BCUT2D eigenvalue weighted by Gasteiger charge is -1.98. The lowest BCUT2D eigenvalue weighted by molar-refractivity contribution is 0.415. The number of nitrogens with one attached hydrogen (secondary N) is 1. The highest BCUT2D eigenvalue weighted by Crippen LogP contribution is 2.26. The fraction of sp³-hybridized carbons (Fsp3) is 0.250. The van der Waals surface area contributed by atoms with Crippen LogP contribution >= 0.6 is 11.8 Å². The van der Waals surface area contributed by atoms with Gasteiger partial charge in [0, 0.05) is 10.9 Å². The molecule has 0 saturated carbocycles. The molecule has 0 unspecified atom stereocenters. The highest BCUT2D eigenvalue weighted by atomic mass is 32.2. The Morgan fingerprint density at radius 2 is 2.22 bits per heavy atom. The summed E-state index contributed by atoms with van der Waals surface area (Å²) in [5.41, 5.74) is 2.54. The first-order valence-corrected chi connectivity index (χ1v) is 6.63. The van der Waals surface area contributed by atoms with E-state index in [2.05, 4.69) is 27.1 Å². The van der Waals surface area contributed by atoms with E-state index in [9.17, 15) is 0 Å². The number of methoxy groups -OCH3 is 1. The number of aromatic amines is 1. The van der Waals surface area contributed by atoms with Crippen LogP contribution in [0.5, 0.6) is 5.75 Å². The zero-order valence-corrected chi connectivity index (χ0v) is 10.9. The standard InChI is InChI=1S/C12H12N4OS/c1-3-18-12-14-11-10(15-16-12)8-6-7(17-2)4-5-9(8)13-11/h4-6H,3H2,1-2H3,(H,13,14,16). The zero-order valence-electron chi connectivity index (χ0n) is 10.1. The minimum absolute atomic E-state index is 0.698. The summed E-state index contributed by atoms with van der Waals surface area (Å²) >= 11 is 1.58. The van der Waals surface area contributed by atoms with Crippen LogP contribution in [0.15, 0.2) is 23.4 Å². The number of benzene rings is 1. The maximum absolute atomic E-state index is 5.22. The molecule has 0 amide bonds. The van der Waals surface area contributed by atoms with Crippen LogP contribution in [0.3, 0.4) is 0 Å². The van der Waals surface area contributed by atoms with E-state index in [-0.39, 0.29) is 0 Å². The molecule has 1 N–H and O–H groups in total. The van der Waals surface area contributed by atoms with Gasteiger partial charge in [-0.15, -0.1) is 10.2 Å². The van der Waals surface area contributed by atoms with E-state index in [1.165, 1.54) is 0 Å². The Bertz CT molecular complexity index is 710. The molecule has 3 aromatic rings. The lowest BCUT2D eigenvalue weighted by Crippen LogP contribution is -1.91. The zero-order chi connectivity index (χ0) is 12.5. The number of thioether (sulfide) groups is 1. The predicted octanol–water partition coefficient (Wildman–Crippen LogP) is 2.63. The molecule has 0 bridgehead atoms. The van der Waals surface area contributed by atoms with Crippen LogP contribution in [0.25, 0.3) is 22.1 Å². The van der Waals surface area contributed by atoms with Crippen LogP contribution < -0.4 is 4.74 Å². The Balaban J connectivity index is 2.23. The van der Waals surface area contributed by atoms with Crippen molar-refractivity contribution in [3.8, 4) is 5.75 Å². The van der Waals surface area contributed by atoms with Gasteiger partial charge in [0.05, 0.1) is 7.11 Å². The SMILES string of the molecule is CCSc1nnc2c(n1)[nH]c1ccc(OC)cc12. The summed E-state index contributed by atoms with van der Waals surface area (Å²) in [6.45, 7) is 2.06. The molecule has 1 aromatic carbocycles. The van der Waals surface area contributed by atoms with Crippen molar-refractivity contribution in [1.82, 2.24) is 20.2 Å². The third-order valence-electron chi connectivity index (χ3n) is 2.68. The van der Waals surface area contributed by atoms with E-state index in [0.29, 0.717) is 5.16 Å². The van der Waals surface area contributed by atoms with Gasteiger partial charge >= 0.3 is 0 Å². The van der Waals surface area contributed by atoms with Gasteiger partial charge in [-0.2, -0.15) is 0 Å². The molecule has 0 saturated heterocycles. The van der Waals surface area contributed by atoms with Crippen molar-refractivity contribution in [1.29, 1.82) is 0 Å². The van der Waals surface area contributed by atoms with Gasteiger partial charge in [-0.3, -0.25) is 0 Å². The van der Waals surface area contributed by atoms with Crippen LogP contribution in [-0.2, 0) is 0 Å². The van der Waals surface area contributed by atoms with E-state index in [4.69, 9.17) is 4.74 Å². The summed E-state index contributed by atoms with van der Waals surface area (Å²) in [6.07, 6.45) is 0. The third-order valence-corrected chi connectivity index (χ3v) is 3.40. The van der Waals surface area contributed by atoms with Gasteiger partial charge < -0.3 is 9.72 Å². The maximum Gasteiger partial charge on any atom is 0.211 e. The fourth-order valence-corrected chi connectivity index (χ4v) is 2.37. The van der Waals surface area contributed by atoms with Crippen molar-refractivity contribution in [2.24, 2.45) is 0 Å². The molecule has 2 heterocycles. The number of H-pyrrole nitrogens is 1. The van der Waals surface area contributed by atoms with Gasteiger partial charge in [0.2, 0.25) is 5.16 Å². The minimum atomic E-state index is 0.698. The summed E-state index contributed by atoms with van der Waals surface area (Å²) in [5, 5.41) is 10.0. The Morgan fingerprint density at radius 3 is 3.00 bits per heavy atom. The number of nitrogens with zero attached hydrogens (tertiary/aromatic N) is 3. The van der Waals surface area contributed by atoms with E-state index < -0.39 is 0 Å². The van der Waals surface area contributed by atoms with Gasteiger partial charge in [0.25, 0.3) is 0 Å². The van der Waals surface area contributed by atoms with Gasteiger partial charge in [0.15, 0.2) is 5.65 Å². The Kier molecular flexibility index (Phi) is 2.79. The molecule has 92 valence electrons.